The summed E-state index contributed by atoms with van der Waals surface area (Å²) in [5, 5.41) is 10.7. The van der Waals surface area contributed by atoms with Gasteiger partial charge in [0.05, 0.1) is 5.83 Å². The molecule has 0 aliphatic heterocycles. The van der Waals surface area contributed by atoms with Gasteiger partial charge in [0.2, 0.25) is 0 Å². The number of benzene rings is 1. The molecule has 0 fully saturated rings. The summed E-state index contributed by atoms with van der Waals surface area (Å²) in [5.41, 5.74) is -0.0892. The second-order valence-corrected chi connectivity index (χ2v) is 4.75. The molecule has 1 aromatic carbocycles. The van der Waals surface area contributed by atoms with E-state index in [1.54, 1.807) is 31.2 Å². The quantitative estimate of drug-likeness (QED) is 0.649. The van der Waals surface area contributed by atoms with Crippen molar-refractivity contribution < 1.29 is 14.3 Å². The zero-order chi connectivity index (χ0) is 15.3. The number of allylic oxidation sites excluding steroid dienone is 3. The summed E-state index contributed by atoms with van der Waals surface area (Å²) in [6.07, 6.45) is 4.16. The van der Waals surface area contributed by atoms with Crippen molar-refractivity contribution in [3.8, 4) is 0 Å². The number of carbonyl (C=O) groups excluding carboxylic acids is 1. The van der Waals surface area contributed by atoms with E-state index in [1.165, 1.54) is 32.1 Å². The van der Waals surface area contributed by atoms with E-state index in [2.05, 4.69) is 6.58 Å². The monoisotopic (exact) mass is 274 g/mol. The number of hydrogen-bond donors (Lipinski definition) is 1. The molecule has 106 valence electrons. The molecule has 0 saturated heterocycles. The molecule has 20 heavy (non-hydrogen) atoms. The molecule has 0 spiro atoms. The zero-order valence-electron chi connectivity index (χ0n) is 12.0. The summed E-state index contributed by atoms with van der Waals surface area (Å²) in [6, 6.07) is 6.82. The maximum atomic E-state index is 12.8. The third kappa shape index (κ3) is 3.52. The minimum atomic E-state index is -1.42. The van der Waals surface area contributed by atoms with Crippen LogP contribution >= 0.6 is 0 Å². The van der Waals surface area contributed by atoms with Crippen molar-refractivity contribution in [2.45, 2.75) is 26.4 Å². The molecule has 0 amide bonds. The van der Waals surface area contributed by atoms with Gasteiger partial charge in [-0.15, -0.1) is 0 Å². The first-order valence-electron chi connectivity index (χ1n) is 6.30. The molecule has 1 aromatic rings. The van der Waals surface area contributed by atoms with E-state index < -0.39 is 5.60 Å². The SMILES string of the molecule is C=C/C(=C\C=C(/C)F)C(C)(O)c1ccccc1C(C)=O. The summed E-state index contributed by atoms with van der Waals surface area (Å²) in [4.78, 5) is 11.7. The van der Waals surface area contributed by atoms with Crippen molar-refractivity contribution in [3.05, 3.63) is 71.6 Å². The third-order valence-electron chi connectivity index (χ3n) is 3.11. The van der Waals surface area contributed by atoms with Gasteiger partial charge in [-0.3, -0.25) is 4.79 Å². The summed E-state index contributed by atoms with van der Waals surface area (Å²) >= 11 is 0. The number of hydrogen-bond acceptors (Lipinski definition) is 2. The number of rotatable bonds is 5. The Morgan fingerprint density at radius 1 is 1.30 bits per heavy atom. The number of carbonyl (C=O) groups is 1. The van der Waals surface area contributed by atoms with Crippen LogP contribution in [0.3, 0.4) is 0 Å². The van der Waals surface area contributed by atoms with Crippen molar-refractivity contribution >= 4 is 5.78 Å². The van der Waals surface area contributed by atoms with Crippen molar-refractivity contribution in [2.24, 2.45) is 0 Å². The van der Waals surface area contributed by atoms with Crippen LogP contribution in [0.4, 0.5) is 4.39 Å². The molecule has 0 radical (unpaired) electrons. The van der Waals surface area contributed by atoms with E-state index >= 15 is 0 Å². The molecule has 1 atom stereocenters. The van der Waals surface area contributed by atoms with E-state index in [9.17, 15) is 14.3 Å². The van der Waals surface area contributed by atoms with Gasteiger partial charge in [-0.1, -0.05) is 43.0 Å². The molecule has 1 rings (SSSR count). The molecule has 0 bridgehead atoms. The Morgan fingerprint density at radius 3 is 2.40 bits per heavy atom. The lowest BCUT2D eigenvalue weighted by Gasteiger charge is -2.27. The average molecular weight is 274 g/mol. The van der Waals surface area contributed by atoms with Gasteiger partial charge >= 0.3 is 0 Å². The van der Waals surface area contributed by atoms with Crippen LogP contribution in [0.15, 0.2) is 60.5 Å². The highest BCUT2D eigenvalue weighted by Crippen LogP contribution is 2.32. The van der Waals surface area contributed by atoms with Gasteiger partial charge in [0.15, 0.2) is 5.78 Å². The molecular formula is C17H19FO2. The van der Waals surface area contributed by atoms with E-state index in [-0.39, 0.29) is 11.6 Å². The Hall–Kier alpha value is -2.00. The molecule has 1 N–H and O–H groups in total. The number of Topliss-reactive ketones (excluding diaryl/α,β-unsaturated/α-hetero) is 1. The highest BCUT2D eigenvalue weighted by Gasteiger charge is 2.29. The highest BCUT2D eigenvalue weighted by atomic mass is 19.1. The summed E-state index contributed by atoms with van der Waals surface area (Å²) < 4.78 is 12.8. The second kappa shape index (κ2) is 6.44. The van der Waals surface area contributed by atoms with Gasteiger partial charge in [-0.2, -0.15) is 0 Å². The average Bonchev–Trinajstić information content (AvgIpc) is 2.38. The number of ketones is 1. The lowest BCUT2D eigenvalue weighted by molar-refractivity contribution is 0.0929. The Labute approximate surface area is 118 Å². The molecule has 3 heteroatoms. The maximum Gasteiger partial charge on any atom is 0.160 e. The zero-order valence-corrected chi connectivity index (χ0v) is 12.0. The Morgan fingerprint density at radius 2 is 1.90 bits per heavy atom. The largest absolute Gasteiger partial charge is 0.381 e. The van der Waals surface area contributed by atoms with Crippen LogP contribution in [-0.2, 0) is 5.60 Å². The fraction of sp³-hybridized carbons (Fsp3) is 0.235. The Bertz CT molecular complexity index is 576. The van der Waals surface area contributed by atoms with Gasteiger partial charge in [0.25, 0.3) is 0 Å². The van der Waals surface area contributed by atoms with Crippen molar-refractivity contribution in [2.75, 3.05) is 0 Å². The van der Waals surface area contributed by atoms with Gasteiger partial charge < -0.3 is 5.11 Å². The predicted molar refractivity (Wildman–Crippen MR) is 79.2 cm³/mol. The van der Waals surface area contributed by atoms with E-state index in [4.69, 9.17) is 0 Å². The minimum absolute atomic E-state index is 0.137. The van der Waals surface area contributed by atoms with E-state index in [1.807, 2.05) is 0 Å². The van der Waals surface area contributed by atoms with E-state index in [0.29, 0.717) is 16.7 Å². The topological polar surface area (TPSA) is 37.3 Å². The normalized spacial score (nSPS) is 15.7. The molecule has 0 aromatic heterocycles. The summed E-state index contributed by atoms with van der Waals surface area (Å²) in [7, 11) is 0. The van der Waals surface area contributed by atoms with Gasteiger partial charge in [-0.25, -0.2) is 4.39 Å². The lowest BCUT2D eigenvalue weighted by atomic mass is 9.83. The third-order valence-corrected chi connectivity index (χ3v) is 3.11. The molecule has 0 aliphatic rings. The molecular weight excluding hydrogens is 255 g/mol. The standard InChI is InChI=1S/C17H19FO2/c1-5-14(11-10-12(2)18)17(4,20)16-9-7-6-8-15(16)13(3)19/h5-11,20H,1H2,2-4H3/b12-10+,14-11+. The first-order chi connectivity index (χ1) is 9.30. The Balaban J connectivity index is 3.42. The van der Waals surface area contributed by atoms with Crippen molar-refractivity contribution in [1.29, 1.82) is 0 Å². The van der Waals surface area contributed by atoms with Crippen LogP contribution in [0.25, 0.3) is 0 Å². The Kier molecular flexibility index (Phi) is 5.17. The maximum absolute atomic E-state index is 12.8. The van der Waals surface area contributed by atoms with Crippen LogP contribution in [0.1, 0.15) is 36.7 Å². The fourth-order valence-corrected chi connectivity index (χ4v) is 2.00. The molecule has 0 saturated carbocycles. The first-order valence-corrected chi connectivity index (χ1v) is 6.30. The highest BCUT2D eigenvalue weighted by molar-refractivity contribution is 5.96. The molecule has 2 nitrogen and oxygen atoms in total. The lowest BCUT2D eigenvalue weighted by Crippen LogP contribution is -2.25. The van der Waals surface area contributed by atoms with Crippen LogP contribution in [-0.4, -0.2) is 10.9 Å². The van der Waals surface area contributed by atoms with Crippen LogP contribution in [0.5, 0.6) is 0 Å². The van der Waals surface area contributed by atoms with Crippen LogP contribution < -0.4 is 0 Å². The summed E-state index contributed by atoms with van der Waals surface area (Å²) in [5.74, 6) is -0.512. The van der Waals surface area contributed by atoms with E-state index in [0.717, 1.165) is 0 Å². The van der Waals surface area contributed by atoms with Gasteiger partial charge in [0, 0.05) is 5.56 Å². The van der Waals surface area contributed by atoms with Crippen molar-refractivity contribution in [1.82, 2.24) is 0 Å². The van der Waals surface area contributed by atoms with Crippen molar-refractivity contribution in [3.63, 3.8) is 0 Å². The molecule has 0 heterocycles. The minimum Gasteiger partial charge on any atom is -0.381 e. The number of aliphatic hydroxyl groups is 1. The van der Waals surface area contributed by atoms with Crippen LogP contribution in [0.2, 0.25) is 0 Å². The smallest absolute Gasteiger partial charge is 0.160 e. The molecule has 0 aliphatic carbocycles. The second-order valence-electron chi connectivity index (χ2n) is 4.75. The van der Waals surface area contributed by atoms with Gasteiger partial charge in [0.1, 0.15) is 5.60 Å². The molecule has 1 unspecified atom stereocenters. The number of halogens is 1. The van der Waals surface area contributed by atoms with Gasteiger partial charge in [-0.05, 0) is 38.0 Å². The predicted octanol–water partition coefficient (Wildman–Crippen LogP) is 4.08. The fourth-order valence-electron chi connectivity index (χ4n) is 2.00. The summed E-state index contributed by atoms with van der Waals surface area (Å²) in [6.45, 7) is 7.96. The first kappa shape index (κ1) is 16.1. The van der Waals surface area contributed by atoms with Crippen LogP contribution in [0, 0.1) is 0 Å².